The Hall–Kier alpha value is -2.09. The van der Waals surface area contributed by atoms with Gasteiger partial charge < -0.3 is 9.64 Å². The molecule has 3 rings (SSSR count). The number of nitriles is 1. The highest BCUT2D eigenvalue weighted by molar-refractivity contribution is 5.73. The first-order chi connectivity index (χ1) is 10.2. The minimum absolute atomic E-state index is 0.120. The Bertz CT molecular complexity index is 606. The van der Waals surface area contributed by atoms with Crippen LogP contribution >= 0.6 is 0 Å². The number of fused-ring (bicyclic) bond motifs is 1. The highest BCUT2D eigenvalue weighted by Crippen LogP contribution is 2.30. The van der Waals surface area contributed by atoms with Crippen LogP contribution in [-0.4, -0.2) is 31.2 Å². The maximum atomic E-state index is 11.8. The number of ether oxygens (including phenoxy) is 1. The molecule has 0 aromatic carbocycles. The van der Waals surface area contributed by atoms with Gasteiger partial charge in [0.25, 0.3) is 0 Å². The van der Waals surface area contributed by atoms with Crippen LogP contribution in [0.4, 0.5) is 5.82 Å². The lowest BCUT2D eigenvalue weighted by molar-refractivity contribution is -0.145. The highest BCUT2D eigenvalue weighted by Gasteiger charge is 2.29. The van der Waals surface area contributed by atoms with Gasteiger partial charge in [-0.2, -0.15) is 5.26 Å². The number of esters is 1. The lowest BCUT2D eigenvalue weighted by Gasteiger charge is -2.32. The van der Waals surface area contributed by atoms with Crippen LogP contribution in [0.3, 0.4) is 0 Å². The van der Waals surface area contributed by atoms with Crippen LogP contribution in [0.15, 0.2) is 6.07 Å². The molecule has 1 atom stereocenters. The summed E-state index contributed by atoms with van der Waals surface area (Å²) in [5, 5.41) is 9.39. The SMILES string of the molecule is COC(=O)C1CCCN(c2nc3c(cc2C#N)CCC3)C1. The summed E-state index contributed by atoms with van der Waals surface area (Å²) < 4.78 is 4.85. The third-order valence-corrected chi connectivity index (χ3v) is 4.41. The van der Waals surface area contributed by atoms with E-state index in [4.69, 9.17) is 9.72 Å². The number of nitrogens with zero attached hydrogens (tertiary/aromatic N) is 3. The van der Waals surface area contributed by atoms with Crippen molar-refractivity contribution in [3.05, 3.63) is 22.9 Å². The van der Waals surface area contributed by atoms with Crippen molar-refractivity contribution >= 4 is 11.8 Å². The number of piperidine rings is 1. The molecule has 0 spiro atoms. The summed E-state index contributed by atoms with van der Waals surface area (Å²) in [4.78, 5) is 18.5. The molecule has 21 heavy (non-hydrogen) atoms. The zero-order valence-corrected chi connectivity index (χ0v) is 12.3. The maximum absolute atomic E-state index is 11.8. The average Bonchev–Trinajstić information content (AvgIpc) is 3.00. The predicted molar refractivity (Wildman–Crippen MR) is 77.9 cm³/mol. The molecular formula is C16H19N3O2. The fourth-order valence-electron chi connectivity index (χ4n) is 3.31. The summed E-state index contributed by atoms with van der Waals surface area (Å²) in [6.07, 6.45) is 4.88. The Balaban J connectivity index is 1.89. The first-order valence-corrected chi connectivity index (χ1v) is 7.48. The van der Waals surface area contributed by atoms with Crippen molar-refractivity contribution in [2.75, 3.05) is 25.1 Å². The molecule has 110 valence electrons. The van der Waals surface area contributed by atoms with E-state index in [2.05, 4.69) is 11.0 Å². The molecule has 0 saturated carbocycles. The number of carbonyl (C=O) groups is 1. The number of carbonyl (C=O) groups excluding carboxylic acids is 1. The minimum Gasteiger partial charge on any atom is -0.469 e. The monoisotopic (exact) mass is 285 g/mol. The molecule has 1 aliphatic carbocycles. The van der Waals surface area contributed by atoms with Gasteiger partial charge in [-0.25, -0.2) is 4.98 Å². The van der Waals surface area contributed by atoms with E-state index >= 15 is 0 Å². The van der Waals surface area contributed by atoms with Crippen molar-refractivity contribution in [3.63, 3.8) is 0 Å². The van der Waals surface area contributed by atoms with Crippen LogP contribution in [-0.2, 0) is 22.4 Å². The number of aromatic nitrogens is 1. The number of aryl methyl sites for hydroxylation is 2. The molecule has 2 aliphatic rings. The normalized spacial score (nSPS) is 20.8. The van der Waals surface area contributed by atoms with Gasteiger partial charge in [0.15, 0.2) is 0 Å². The molecule has 1 aromatic heterocycles. The fourth-order valence-corrected chi connectivity index (χ4v) is 3.31. The van der Waals surface area contributed by atoms with Crippen molar-refractivity contribution in [1.82, 2.24) is 4.98 Å². The topological polar surface area (TPSA) is 66.2 Å². The second-order valence-electron chi connectivity index (χ2n) is 5.74. The number of methoxy groups -OCH3 is 1. The lowest BCUT2D eigenvalue weighted by atomic mass is 9.97. The van der Waals surface area contributed by atoms with E-state index in [0.29, 0.717) is 12.1 Å². The average molecular weight is 285 g/mol. The van der Waals surface area contributed by atoms with E-state index in [0.717, 1.165) is 50.2 Å². The zero-order chi connectivity index (χ0) is 14.8. The van der Waals surface area contributed by atoms with Gasteiger partial charge in [-0.15, -0.1) is 0 Å². The molecule has 1 aliphatic heterocycles. The van der Waals surface area contributed by atoms with E-state index in [-0.39, 0.29) is 11.9 Å². The number of pyridine rings is 1. The number of hydrogen-bond acceptors (Lipinski definition) is 5. The summed E-state index contributed by atoms with van der Waals surface area (Å²) in [6.45, 7) is 1.43. The Morgan fingerprint density at radius 2 is 2.33 bits per heavy atom. The zero-order valence-electron chi connectivity index (χ0n) is 12.3. The van der Waals surface area contributed by atoms with Crippen molar-refractivity contribution in [2.45, 2.75) is 32.1 Å². The Morgan fingerprint density at radius 1 is 1.48 bits per heavy atom. The van der Waals surface area contributed by atoms with Gasteiger partial charge in [-0.3, -0.25) is 4.79 Å². The van der Waals surface area contributed by atoms with Crippen LogP contribution in [0, 0.1) is 17.2 Å². The number of anilines is 1. The number of rotatable bonds is 2. The van der Waals surface area contributed by atoms with Gasteiger partial charge in [0.1, 0.15) is 11.9 Å². The van der Waals surface area contributed by atoms with E-state index in [1.807, 2.05) is 6.07 Å². The molecule has 1 fully saturated rings. The predicted octanol–water partition coefficient (Wildman–Crippen LogP) is 1.83. The Morgan fingerprint density at radius 3 is 3.10 bits per heavy atom. The van der Waals surface area contributed by atoms with E-state index < -0.39 is 0 Å². The van der Waals surface area contributed by atoms with Crippen molar-refractivity contribution in [2.24, 2.45) is 5.92 Å². The van der Waals surface area contributed by atoms with Gasteiger partial charge in [0, 0.05) is 18.8 Å². The highest BCUT2D eigenvalue weighted by atomic mass is 16.5. The van der Waals surface area contributed by atoms with Gasteiger partial charge in [-0.1, -0.05) is 0 Å². The third-order valence-electron chi connectivity index (χ3n) is 4.41. The smallest absolute Gasteiger partial charge is 0.310 e. The van der Waals surface area contributed by atoms with Gasteiger partial charge in [-0.05, 0) is 43.7 Å². The molecule has 1 saturated heterocycles. The van der Waals surface area contributed by atoms with Crippen LogP contribution in [0.5, 0.6) is 0 Å². The first kappa shape index (κ1) is 13.9. The van der Waals surface area contributed by atoms with Crippen molar-refractivity contribution in [3.8, 4) is 6.07 Å². The van der Waals surface area contributed by atoms with Crippen LogP contribution in [0.2, 0.25) is 0 Å². The molecule has 5 nitrogen and oxygen atoms in total. The molecule has 2 heterocycles. The standard InChI is InChI=1S/C16H19N3O2/c1-21-16(20)12-5-3-7-19(10-12)15-13(9-17)8-11-4-2-6-14(11)18-15/h8,12H,2-7,10H2,1H3. The summed E-state index contributed by atoms with van der Waals surface area (Å²) in [5.41, 5.74) is 2.95. The van der Waals surface area contributed by atoms with Crippen molar-refractivity contribution in [1.29, 1.82) is 5.26 Å². The van der Waals surface area contributed by atoms with Crippen LogP contribution < -0.4 is 4.90 Å². The molecule has 0 N–H and O–H groups in total. The molecule has 5 heteroatoms. The van der Waals surface area contributed by atoms with Gasteiger partial charge >= 0.3 is 5.97 Å². The number of hydrogen-bond donors (Lipinski definition) is 0. The molecule has 0 amide bonds. The summed E-state index contributed by atoms with van der Waals surface area (Å²) in [5.74, 6) is 0.455. The maximum Gasteiger partial charge on any atom is 0.310 e. The minimum atomic E-state index is -0.167. The fraction of sp³-hybridized carbons (Fsp3) is 0.562. The molecular weight excluding hydrogens is 266 g/mol. The molecule has 0 bridgehead atoms. The molecule has 0 radical (unpaired) electrons. The lowest BCUT2D eigenvalue weighted by Crippen LogP contribution is -2.40. The van der Waals surface area contributed by atoms with Crippen LogP contribution in [0.1, 0.15) is 36.1 Å². The second kappa shape index (κ2) is 5.72. The summed E-state index contributed by atoms with van der Waals surface area (Å²) in [6, 6.07) is 4.24. The summed E-state index contributed by atoms with van der Waals surface area (Å²) >= 11 is 0. The largest absolute Gasteiger partial charge is 0.469 e. The van der Waals surface area contributed by atoms with E-state index in [1.54, 1.807) is 0 Å². The van der Waals surface area contributed by atoms with Crippen LogP contribution in [0.25, 0.3) is 0 Å². The Kier molecular flexibility index (Phi) is 3.78. The second-order valence-corrected chi connectivity index (χ2v) is 5.74. The third kappa shape index (κ3) is 2.58. The Labute approximate surface area is 124 Å². The molecule has 1 aromatic rings. The van der Waals surface area contributed by atoms with Gasteiger partial charge in [0.05, 0.1) is 18.6 Å². The summed E-state index contributed by atoms with van der Waals surface area (Å²) in [7, 11) is 1.43. The van der Waals surface area contributed by atoms with E-state index in [9.17, 15) is 10.1 Å². The first-order valence-electron chi connectivity index (χ1n) is 7.48. The van der Waals surface area contributed by atoms with Gasteiger partial charge in [0.2, 0.25) is 0 Å². The van der Waals surface area contributed by atoms with E-state index in [1.165, 1.54) is 12.7 Å². The molecule has 1 unspecified atom stereocenters. The van der Waals surface area contributed by atoms with Crippen molar-refractivity contribution < 1.29 is 9.53 Å². The quantitative estimate of drug-likeness (QED) is 0.776.